The molecule has 0 spiro atoms. The van der Waals surface area contributed by atoms with E-state index in [0.29, 0.717) is 11.3 Å². The summed E-state index contributed by atoms with van der Waals surface area (Å²) in [7, 11) is -9.86. The summed E-state index contributed by atoms with van der Waals surface area (Å²) in [6, 6.07) is 2.47. The number of carbonyl (C=O) groups is 4. The monoisotopic (exact) mass is 641 g/mol. The van der Waals surface area contributed by atoms with Crippen molar-refractivity contribution in [2.45, 2.75) is 52.8 Å². The van der Waals surface area contributed by atoms with Gasteiger partial charge in [-0.05, 0) is 31.0 Å². The summed E-state index contributed by atoms with van der Waals surface area (Å²) >= 11 is 1.78. The van der Waals surface area contributed by atoms with E-state index in [9.17, 15) is 45.1 Å². The van der Waals surface area contributed by atoms with Crippen LogP contribution >= 0.6 is 11.8 Å². The molecule has 3 aliphatic rings. The molecule has 15 nitrogen and oxygen atoms in total. The normalized spacial score (nSPS) is 21.8. The van der Waals surface area contributed by atoms with Crippen LogP contribution in [-0.2, 0) is 25.0 Å². The molecule has 2 fully saturated rings. The Balaban J connectivity index is 1.25. The number of amides is 5. The van der Waals surface area contributed by atoms with Gasteiger partial charge in [-0.25, -0.2) is 4.79 Å². The van der Waals surface area contributed by atoms with Gasteiger partial charge >= 0.3 is 6.03 Å². The molecule has 3 aliphatic heterocycles. The lowest BCUT2D eigenvalue weighted by Crippen LogP contribution is -2.44. The minimum atomic E-state index is -4.97. The number of nitrogens with zero attached hydrogens (tertiary/aromatic N) is 1. The van der Waals surface area contributed by atoms with E-state index in [2.05, 4.69) is 16.0 Å². The molecular formula is C24H27N5O10S3. The number of imide groups is 1. The highest BCUT2D eigenvalue weighted by Crippen LogP contribution is 2.39. The summed E-state index contributed by atoms with van der Waals surface area (Å²) in [5.74, 6) is -1.38. The Hall–Kier alpha value is -3.45. The number of anilines is 1. The van der Waals surface area contributed by atoms with Gasteiger partial charge in [-0.15, -0.1) is 0 Å². The topological polar surface area (TPSA) is 242 Å². The molecule has 7 N–H and O–H groups in total. The largest absolute Gasteiger partial charge is 0.397 e. The smallest absolute Gasteiger partial charge is 0.315 e. The highest BCUT2D eigenvalue weighted by atomic mass is 32.2. The first kappa shape index (κ1) is 30.0. The van der Waals surface area contributed by atoms with Gasteiger partial charge in [0.25, 0.3) is 32.1 Å². The van der Waals surface area contributed by atoms with Crippen LogP contribution in [0.3, 0.4) is 0 Å². The van der Waals surface area contributed by atoms with E-state index in [1.165, 1.54) is 0 Å². The second-order valence-electron chi connectivity index (χ2n) is 10.2. The van der Waals surface area contributed by atoms with Crippen molar-refractivity contribution in [2.24, 2.45) is 0 Å². The predicted octanol–water partition coefficient (Wildman–Crippen LogP) is 0.353. The standard InChI is InChI=1S/C24H27N5O10S3/c25-20-12-7-11(41(34,35)36)8-13-19(12)14(9-17(20)42(37,38)39)23(32)29(22(13)31)6-5-26-18(30)4-2-1-3-16-21-15(10-40-16)27-24(33)28-21/h7-9,15-16,21H,1-6,10,25H2,(H,26,30)(H2,27,28,33)(H,34,35,36)(H,37,38,39)/t15-,16-,21-/m0/s1. The zero-order valence-electron chi connectivity index (χ0n) is 21.8. The molecule has 0 unspecified atom stereocenters. The fourth-order valence-corrected chi connectivity index (χ4v) is 8.22. The minimum absolute atomic E-state index is 0.0745. The summed E-state index contributed by atoms with van der Waals surface area (Å²) in [5.41, 5.74) is 4.58. The van der Waals surface area contributed by atoms with Crippen LogP contribution in [0.1, 0.15) is 46.4 Å². The van der Waals surface area contributed by atoms with E-state index in [1.54, 1.807) is 11.8 Å². The van der Waals surface area contributed by atoms with Crippen molar-refractivity contribution >= 4 is 72.2 Å². The van der Waals surface area contributed by atoms with Gasteiger partial charge in [0, 0.05) is 41.3 Å². The lowest BCUT2D eigenvalue weighted by atomic mass is 9.93. The van der Waals surface area contributed by atoms with Crippen molar-refractivity contribution in [1.82, 2.24) is 20.9 Å². The van der Waals surface area contributed by atoms with Crippen molar-refractivity contribution in [3.8, 4) is 0 Å². The third-order valence-corrected chi connectivity index (χ3v) is 10.7. The van der Waals surface area contributed by atoms with E-state index in [0.717, 1.165) is 36.8 Å². The van der Waals surface area contributed by atoms with Gasteiger partial charge in [-0.2, -0.15) is 28.6 Å². The van der Waals surface area contributed by atoms with Crippen molar-refractivity contribution in [1.29, 1.82) is 0 Å². The number of rotatable bonds is 10. The van der Waals surface area contributed by atoms with Gasteiger partial charge in [-0.1, -0.05) is 6.42 Å². The SMILES string of the molecule is Nc1c(S(=O)(=O)O)cc2c3c(cc(S(=O)(=O)O)cc13)C(=O)N(CCNC(=O)CCCC[C@@H]1SC[C@@H]3NC(=O)N[C@@H]31)C2=O. The Labute approximate surface area is 244 Å². The predicted molar refractivity (Wildman–Crippen MR) is 150 cm³/mol. The molecule has 0 aliphatic carbocycles. The van der Waals surface area contributed by atoms with Crippen LogP contribution in [-0.4, -0.2) is 90.8 Å². The molecule has 2 saturated heterocycles. The first-order valence-electron chi connectivity index (χ1n) is 12.8. The van der Waals surface area contributed by atoms with Gasteiger partial charge < -0.3 is 21.7 Å². The number of carbonyl (C=O) groups excluding carboxylic acids is 4. The Bertz CT molecular complexity index is 1720. The third kappa shape index (κ3) is 5.63. The number of nitrogens with two attached hydrogens (primary N) is 1. The van der Waals surface area contributed by atoms with Crippen LogP contribution in [0, 0.1) is 0 Å². The van der Waals surface area contributed by atoms with Crippen LogP contribution < -0.4 is 21.7 Å². The number of thioether (sulfide) groups is 1. The number of hydrogen-bond acceptors (Lipinski definition) is 10. The van der Waals surface area contributed by atoms with Gasteiger partial charge in [0.15, 0.2) is 0 Å². The maximum atomic E-state index is 13.3. The molecule has 42 heavy (non-hydrogen) atoms. The fourth-order valence-electron chi connectivity index (χ4n) is 5.49. The molecule has 3 heterocycles. The molecule has 226 valence electrons. The Morgan fingerprint density at radius 1 is 1.02 bits per heavy atom. The van der Waals surface area contributed by atoms with E-state index in [1.807, 2.05) is 0 Å². The van der Waals surface area contributed by atoms with Gasteiger partial charge in [0.2, 0.25) is 5.91 Å². The first-order valence-corrected chi connectivity index (χ1v) is 16.8. The maximum absolute atomic E-state index is 13.3. The zero-order valence-corrected chi connectivity index (χ0v) is 24.3. The number of benzene rings is 2. The third-order valence-electron chi connectivity index (χ3n) is 7.48. The number of nitrogens with one attached hydrogen (secondary N) is 3. The van der Waals surface area contributed by atoms with Gasteiger partial charge in [-0.3, -0.25) is 28.4 Å². The van der Waals surface area contributed by atoms with Crippen LogP contribution in [0.15, 0.2) is 28.0 Å². The summed E-state index contributed by atoms with van der Waals surface area (Å²) in [5, 5.41) is 8.21. The Morgan fingerprint density at radius 2 is 1.71 bits per heavy atom. The molecule has 2 aromatic rings. The molecule has 5 rings (SSSR count). The molecule has 0 saturated carbocycles. The van der Waals surface area contributed by atoms with Crippen LogP contribution in [0.2, 0.25) is 0 Å². The molecule has 0 radical (unpaired) electrons. The molecule has 2 aromatic carbocycles. The van der Waals surface area contributed by atoms with Crippen molar-refractivity contribution in [3.63, 3.8) is 0 Å². The quantitative estimate of drug-likeness (QED) is 0.0677. The molecule has 5 amide bonds. The zero-order chi connectivity index (χ0) is 30.6. The minimum Gasteiger partial charge on any atom is -0.397 e. The average Bonchev–Trinajstić information content (AvgIpc) is 3.45. The number of urea groups is 1. The molecular weight excluding hydrogens is 614 g/mol. The first-order chi connectivity index (χ1) is 19.7. The van der Waals surface area contributed by atoms with Crippen molar-refractivity contribution in [3.05, 3.63) is 29.3 Å². The van der Waals surface area contributed by atoms with E-state index >= 15 is 0 Å². The van der Waals surface area contributed by atoms with Crippen LogP contribution in [0.25, 0.3) is 10.8 Å². The molecule has 3 atom stereocenters. The maximum Gasteiger partial charge on any atom is 0.315 e. The lowest BCUT2D eigenvalue weighted by molar-refractivity contribution is -0.121. The van der Waals surface area contributed by atoms with Crippen LogP contribution in [0.5, 0.6) is 0 Å². The molecule has 18 heteroatoms. The molecule has 0 bridgehead atoms. The van der Waals surface area contributed by atoms with E-state index in [4.69, 9.17) is 5.73 Å². The second-order valence-corrected chi connectivity index (χ2v) is 14.2. The summed E-state index contributed by atoms with van der Waals surface area (Å²) in [6.45, 7) is -0.479. The number of hydrogen-bond donors (Lipinski definition) is 6. The second kappa shape index (κ2) is 11.0. The number of nitrogen functional groups attached to an aromatic ring is 1. The molecule has 0 aromatic heterocycles. The van der Waals surface area contributed by atoms with Crippen molar-refractivity contribution < 1.29 is 45.1 Å². The Kier molecular flexibility index (Phi) is 7.86. The highest BCUT2D eigenvalue weighted by molar-refractivity contribution is 8.00. The fraction of sp³-hybridized carbons (Fsp3) is 0.417. The summed E-state index contributed by atoms with van der Waals surface area (Å²) < 4.78 is 66.9. The lowest BCUT2D eigenvalue weighted by Gasteiger charge is -2.28. The highest BCUT2D eigenvalue weighted by Gasteiger charge is 2.42. The summed E-state index contributed by atoms with van der Waals surface area (Å²) in [6.07, 6.45) is 2.35. The van der Waals surface area contributed by atoms with Gasteiger partial charge in [0.05, 0.1) is 33.8 Å². The van der Waals surface area contributed by atoms with E-state index < -0.39 is 47.5 Å². The number of fused-ring (bicyclic) bond motifs is 1. The Morgan fingerprint density at radius 3 is 2.38 bits per heavy atom. The van der Waals surface area contributed by atoms with Gasteiger partial charge in [0.1, 0.15) is 4.90 Å². The summed E-state index contributed by atoms with van der Waals surface area (Å²) in [4.78, 5) is 49.5. The van der Waals surface area contributed by atoms with E-state index in [-0.39, 0.29) is 70.7 Å². The van der Waals surface area contributed by atoms with Crippen LogP contribution in [0.4, 0.5) is 10.5 Å². The number of unbranched alkanes of at least 4 members (excludes halogenated alkanes) is 1. The average molecular weight is 642 g/mol. The van der Waals surface area contributed by atoms with Crippen molar-refractivity contribution in [2.75, 3.05) is 24.6 Å².